The molecule has 1 saturated heterocycles. The number of imide groups is 1. The lowest BCUT2D eigenvalue weighted by molar-refractivity contribution is -0.131. The number of carbonyl (C=O) groups excluding carboxylic acids is 2. The summed E-state index contributed by atoms with van der Waals surface area (Å²) in [5, 5.41) is 11.7. The fourth-order valence-corrected chi connectivity index (χ4v) is 1.27. The number of nitrogens with zero attached hydrogens (tertiary/aromatic N) is 1. The first-order valence-corrected chi connectivity index (χ1v) is 4.40. The van der Waals surface area contributed by atoms with Crippen LogP contribution in [0, 0.1) is 0 Å². The molecule has 1 fully saturated rings. The van der Waals surface area contributed by atoms with E-state index in [9.17, 15) is 14.7 Å². The van der Waals surface area contributed by atoms with Crippen LogP contribution in [0.25, 0.3) is 0 Å². The van der Waals surface area contributed by atoms with Crippen LogP contribution in [0.2, 0.25) is 0 Å². The Kier molecular flexibility index (Phi) is 2.77. The first-order chi connectivity index (χ1) is 6.38. The second kappa shape index (κ2) is 3.55. The summed E-state index contributed by atoms with van der Waals surface area (Å²) in [6.07, 6.45) is -0.862. The molecular formula is C8H15N3O3. The SMILES string of the molecule is CC1(C)NC(=O)N(C[C@H](O)CN)C1=O. The molecule has 4 N–H and O–H groups in total. The topological polar surface area (TPSA) is 95.7 Å². The van der Waals surface area contributed by atoms with Crippen molar-refractivity contribution in [1.82, 2.24) is 10.2 Å². The fourth-order valence-electron chi connectivity index (χ4n) is 1.27. The number of aliphatic hydroxyl groups is 1. The standard InChI is InChI=1S/C8H15N3O3/c1-8(2)6(13)11(7(14)10-8)4-5(12)3-9/h5,12H,3-4,9H2,1-2H3,(H,10,14)/t5-/m1/s1. The van der Waals surface area contributed by atoms with Crippen LogP contribution in [0.4, 0.5) is 4.79 Å². The van der Waals surface area contributed by atoms with E-state index >= 15 is 0 Å². The molecule has 1 atom stereocenters. The van der Waals surface area contributed by atoms with Gasteiger partial charge in [-0.3, -0.25) is 9.69 Å². The first kappa shape index (κ1) is 10.9. The number of carbonyl (C=O) groups is 2. The maximum Gasteiger partial charge on any atom is 0.325 e. The highest BCUT2D eigenvalue weighted by atomic mass is 16.3. The molecule has 0 aliphatic carbocycles. The molecule has 0 aromatic rings. The number of rotatable bonds is 3. The van der Waals surface area contributed by atoms with Gasteiger partial charge in [-0.2, -0.15) is 0 Å². The number of urea groups is 1. The Morgan fingerprint density at radius 2 is 2.14 bits per heavy atom. The molecule has 0 aromatic heterocycles. The molecule has 0 bridgehead atoms. The van der Waals surface area contributed by atoms with Gasteiger partial charge in [0.15, 0.2) is 0 Å². The average Bonchev–Trinajstić information content (AvgIpc) is 2.28. The van der Waals surface area contributed by atoms with Crippen LogP contribution in [0.15, 0.2) is 0 Å². The summed E-state index contributed by atoms with van der Waals surface area (Å²) >= 11 is 0. The van der Waals surface area contributed by atoms with E-state index in [0.29, 0.717) is 0 Å². The van der Waals surface area contributed by atoms with Crippen molar-refractivity contribution in [3.8, 4) is 0 Å². The van der Waals surface area contributed by atoms with Gasteiger partial charge in [0.1, 0.15) is 5.54 Å². The van der Waals surface area contributed by atoms with Crippen LogP contribution in [0.1, 0.15) is 13.8 Å². The largest absolute Gasteiger partial charge is 0.390 e. The predicted octanol–water partition coefficient (Wildman–Crippen LogP) is -1.36. The number of nitrogens with one attached hydrogen (secondary N) is 1. The van der Waals surface area contributed by atoms with E-state index in [1.54, 1.807) is 13.8 Å². The monoisotopic (exact) mass is 201 g/mol. The third-order valence-electron chi connectivity index (χ3n) is 2.11. The predicted molar refractivity (Wildman–Crippen MR) is 49.4 cm³/mol. The van der Waals surface area contributed by atoms with Crippen LogP contribution in [0.5, 0.6) is 0 Å². The molecule has 0 radical (unpaired) electrons. The number of hydrogen-bond acceptors (Lipinski definition) is 4. The molecule has 6 nitrogen and oxygen atoms in total. The summed E-state index contributed by atoms with van der Waals surface area (Å²) in [7, 11) is 0. The Labute approximate surface area is 82.1 Å². The van der Waals surface area contributed by atoms with Crippen molar-refractivity contribution >= 4 is 11.9 Å². The Hall–Kier alpha value is -1.14. The minimum atomic E-state index is -0.884. The molecule has 1 aliphatic rings. The van der Waals surface area contributed by atoms with Gasteiger partial charge < -0.3 is 16.2 Å². The fraction of sp³-hybridized carbons (Fsp3) is 0.750. The third-order valence-corrected chi connectivity index (χ3v) is 2.11. The van der Waals surface area contributed by atoms with Crippen LogP contribution in [-0.4, -0.2) is 46.7 Å². The van der Waals surface area contributed by atoms with E-state index < -0.39 is 17.7 Å². The molecule has 0 saturated carbocycles. The van der Waals surface area contributed by atoms with E-state index in [-0.39, 0.29) is 19.0 Å². The lowest BCUT2D eigenvalue weighted by Crippen LogP contribution is -2.42. The summed E-state index contributed by atoms with van der Waals surface area (Å²) < 4.78 is 0. The van der Waals surface area contributed by atoms with Crippen molar-refractivity contribution in [3.63, 3.8) is 0 Å². The van der Waals surface area contributed by atoms with Crippen molar-refractivity contribution < 1.29 is 14.7 Å². The zero-order valence-corrected chi connectivity index (χ0v) is 8.28. The Morgan fingerprint density at radius 3 is 2.50 bits per heavy atom. The van der Waals surface area contributed by atoms with Crippen molar-refractivity contribution in [1.29, 1.82) is 0 Å². The first-order valence-electron chi connectivity index (χ1n) is 4.40. The van der Waals surface area contributed by atoms with Gasteiger partial charge in [-0.15, -0.1) is 0 Å². The molecule has 0 aromatic carbocycles. The van der Waals surface area contributed by atoms with Gasteiger partial charge in [0.25, 0.3) is 5.91 Å². The summed E-state index contributed by atoms with van der Waals surface area (Å²) in [5.74, 6) is -0.338. The van der Waals surface area contributed by atoms with Gasteiger partial charge in [-0.1, -0.05) is 0 Å². The van der Waals surface area contributed by atoms with Crippen LogP contribution >= 0.6 is 0 Å². The van der Waals surface area contributed by atoms with Gasteiger partial charge in [-0.25, -0.2) is 4.79 Å². The number of β-amino-alcohol motifs (C(OH)–C–C–N with tert-alkyl or cyclic N) is 1. The van der Waals surface area contributed by atoms with Crippen LogP contribution < -0.4 is 11.1 Å². The molecule has 0 spiro atoms. The molecular weight excluding hydrogens is 186 g/mol. The van der Waals surface area contributed by atoms with E-state index in [4.69, 9.17) is 5.73 Å². The van der Waals surface area contributed by atoms with Gasteiger partial charge in [0, 0.05) is 6.54 Å². The Balaban J connectivity index is 2.71. The van der Waals surface area contributed by atoms with E-state index in [2.05, 4.69) is 5.32 Å². The Morgan fingerprint density at radius 1 is 1.57 bits per heavy atom. The van der Waals surface area contributed by atoms with E-state index in [1.807, 2.05) is 0 Å². The van der Waals surface area contributed by atoms with Gasteiger partial charge in [0.05, 0.1) is 12.6 Å². The molecule has 3 amide bonds. The highest BCUT2D eigenvalue weighted by molar-refractivity contribution is 6.06. The van der Waals surface area contributed by atoms with Crippen molar-refractivity contribution in [2.75, 3.05) is 13.1 Å². The smallest absolute Gasteiger partial charge is 0.325 e. The Bertz CT molecular complexity index is 265. The summed E-state index contributed by atoms with van der Waals surface area (Å²) in [5.41, 5.74) is 4.31. The number of amides is 3. The maximum atomic E-state index is 11.6. The lowest BCUT2D eigenvalue weighted by atomic mass is 10.1. The number of hydrogen-bond donors (Lipinski definition) is 3. The second-order valence-corrected chi connectivity index (χ2v) is 3.86. The summed E-state index contributed by atoms with van der Waals surface area (Å²) in [6.45, 7) is 3.20. The number of nitrogens with two attached hydrogens (primary N) is 1. The average molecular weight is 201 g/mol. The zero-order valence-electron chi connectivity index (χ0n) is 8.28. The van der Waals surface area contributed by atoms with E-state index in [0.717, 1.165) is 4.90 Å². The molecule has 6 heteroatoms. The van der Waals surface area contributed by atoms with Gasteiger partial charge in [0.2, 0.25) is 0 Å². The van der Waals surface area contributed by atoms with Gasteiger partial charge in [-0.05, 0) is 13.8 Å². The molecule has 0 unspecified atom stereocenters. The molecule has 1 heterocycles. The lowest BCUT2D eigenvalue weighted by Gasteiger charge is -2.17. The van der Waals surface area contributed by atoms with Crippen molar-refractivity contribution in [2.24, 2.45) is 5.73 Å². The van der Waals surface area contributed by atoms with Gasteiger partial charge >= 0.3 is 6.03 Å². The normalized spacial score (nSPS) is 22.4. The molecule has 14 heavy (non-hydrogen) atoms. The highest BCUT2D eigenvalue weighted by Crippen LogP contribution is 2.16. The third kappa shape index (κ3) is 1.85. The number of aliphatic hydroxyl groups excluding tert-OH is 1. The van der Waals surface area contributed by atoms with Crippen LogP contribution in [-0.2, 0) is 4.79 Å². The quantitative estimate of drug-likeness (QED) is 0.491. The van der Waals surface area contributed by atoms with Crippen molar-refractivity contribution in [3.05, 3.63) is 0 Å². The van der Waals surface area contributed by atoms with E-state index in [1.165, 1.54) is 0 Å². The minimum absolute atomic E-state index is 0.0253. The second-order valence-electron chi connectivity index (χ2n) is 3.86. The zero-order chi connectivity index (χ0) is 10.9. The summed E-state index contributed by atoms with van der Waals surface area (Å²) in [4.78, 5) is 23.9. The minimum Gasteiger partial charge on any atom is -0.390 e. The maximum absolute atomic E-state index is 11.6. The summed E-state index contributed by atoms with van der Waals surface area (Å²) in [6, 6.07) is -0.479. The molecule has 1 aliphatic heterocycles. The van der Waals surface area contributed by atoms with Crippen LogP contribution in [0.3, 0.4) is 0 Å². The molecule has 80 valence electrons. The molecule has 1 rings (SSSR count). The van der Waals surface area contributed by atoms with Crippen molar-refractivity contribution in [2.45, 2.75) is 25.5 Å². The highest BCUT2D eigenvalue weighted by Gasteiger charge is 2.44.